The lowest BCUT2D eigenvalue weighted by atomic mass is 10.1. The first-order valence-electron chi connectivity index (χ1n) is 8.66. The van der Waals surface area contributed by atoms with Crippen LogP contribution >= 0.6 is 0 Å². The number of hydrogen-bond donors (Lipinski definition) is 0. The average molecular weight is 432 g/mol. The first kappa shape index (κ1) is 23.2. The Morgan fingerprint density at radius 1 is 0.633 bits per heavy atom. The molecule has 0 atom stereocenters. The molecule has 0 aliphatic rings. The summed E-state index contributed by atoms with van der Waals surface area (Å²) in [5.74, 6) is -1.06. The Morgan fingerprint density at radius 2 is 0.900 bits per heavy atom. The van der Waals surface area contributed by atoms with E-state index >= 15 is 0 Å². The molecular weight excluding hydrogens is 414 g/mol. The summed E-state index contributed by atoms with van der Waals surface area (Å²) in [7, 11) is 2.85. The summed E-state index contributed by atoms with van der Waals surface area (Å²) < 4.78 is 75.6. The van der Waals surface area contributed by atoms with Crippen molar-refractivity contribution in [2.24, 2.45) is 0 Å². The number of alkyl halides is 6. The van der Waals surface area contributed by atoms with Gasteiger partial charge in [0.1, 0.15) is 0 Å². The lowest BCUT2D eigenvalue weighted by Gasteiger charge is -2.23. The monoisotopic (exact) mass is 432 g/mol. The molecule has 162 valence electrons. The molecule has 0 N–H and O–H groups in total. The van der Waals surface area contributed by atoms with E-state index in [-0.39, 0.29) is 24.2 Å². The zero-order valence-corrected chi connectivity index (χ0v) is 16.0. The zero-order valence-electron chi connectivity index (χ0n) is 16.0. The molecule has 30 heavy (non-hydrogen) atoms. The van der Waals surface area contributed by atoms with E-state index in [9.17, 15) is 35.9 Å². The maximum atomic E-state index is 12.6. The van der Waals surface area contributed by atoms with Crippen molar-refractivity contribution in [3.05, 3.63) is 70.8 Å². The smallest absolute Gasteiger partial charge is 0.340 e. The molecule has 0 radical (unpaired) electrons. The molecular formula is C20H18F6N2O2. The van der Waals surface area contributed by atoms with Crippen molar-refractivity contribution in [3.8, 4) is 0 Å². The van der Waals surface area contributed by atoms with Gasteiger partial charge in [0.2, 0.25) is 0 Å². The third-order valence-electron chi connectivity index (χ3n) is 4.38. The summed E-state index contributed by atoms with van der Waals surface area (Å²) in [5, 5.41) is 0. The normalized spacial score (nSPS) is 11.9. The Hall–Kier alpha value is -3.04. The van der Waals surface area contributed by atoms with Crippen molar-refractivity contribution in [2.75, 3.05) is 27.2 Å². The first-order chi connectivity index (χ1) is 13.8. The van der Waals surface area contributed by atoms with E-state index in [0.717, 1.165) is 48.5 Å². The van der Waals surface area contributed by atoms with E-state index < -0.39 is 35.3 Å². The van der Waals surface area contributed by atoms with Crippen LogP contribution in [-0.4, -0.2) is 48.8 Å². The second kappa shape index (κ2) is 8.76. The number of carbonyl (C=O) groups excluding carboxylic acids is 2. The molecule has 0 saturated heterocycles. The number of amides is 2. The maximum absolute atomic E-state index is 12.6. The highest BCUT2D eigenvalue weighted by atomic mass is 19.4. The van der Waals surface area contributed by atoms with Gasteiger partial charge < -0.3 is 9.80 Å². The van der Waals surface area contributed by atoms with Crippen LogP contribution in [0.2, 0.25) is 0 Å². The van der Waals surface area contributed by atoms with Gasteiger partial charge in [-0.25, -0.2) is 0 Å². The average Bonchev–Trinajstić information content (AvgIpc) is 2.69. The summed E-state index contributed by atoms with van der Waals surface area (Å²) in [6.07, 6.45) is -9.01. The molecule has 0 aromatic heterocycles. The molecule has 2 aromatic rings. The Morgan fingerprint density at radius 3 is 1.13 bits per heavy atom. The number of hydrogen-bond acceptors (Lipinski definition) is 2. The largest absolute Gasteiger partial charge is 0.416 e. The van der Waals surface area contributed by atoms with Gasteiger partial charge in [-0.05, 0) is 48.5 Å². The predicted molar refractivity (Wildman–Crippen MR) is 96.8 cm³/mol. The van der Waals surface area contributed by atoms with Crippen molar-refractivity contribution in [3.63, 3.8) is 0 Å². The third kappa shape index (κ3) is 5.74. The molecule has 2 rings (SSSR count). The minimum absolute atomic E-state index is 0.0576. The van der Waals surface area contributed by atoms with Crippen molar-refractivity contribution in [1.29, 1.82) is 0 Å². The second-order valence-electron chi connectivity index (χ2n) is 6.60. The van der Waals surface area contributed by atoms with Crippen LogP contribution in [0.3, 0.4) is 0 Å². The molecule has 2 amide bonds. The molecule has 0 heterocycles. The summed E-state index contributed by atoms with van der Waals surface area (Å²) in [5.41, 5.74) is -1.63. The molecule has 10 heteroatoms. The van der Waals surface area contributed by atoms with Crippen LogP contribution in [0.15, 0.2) is 48.5 Å². The molecule has 0 unspecified atom stereocenters. The topological polar surface area (TPSA) is 40.6 Å². The standard InChI is InChI=1S/C20H18F6N2O2/c1-27(17(29)13-3-7-15(8-4-13)19(21,22)23)11-12-28(2)18(30)14-5-9-16(10-6-14)20(24,25)26/h3-10H,11-12H2,1-2H3. The highest BCUT2D eigenvalue weighted by molar-refractivity contribution is 5.95. The number of likely N-dealkylation sites (N-methyl/N-ethyl adjacent to an activating group) is 2. The van der Waals surface area contributed by atoms with Gasteiger partial charge in [0.25, 0.3) is 11.8 Å². The predicted octanol–water partition coefficient (Wildman–Crippen LogP) is 4.57. The SMILES string of the molecule is CN(CCN(C)C(=O)c1ccc(C(F)(F)F)cc1)C(=O)c1ccc(C(F)(F)F)cc1. The van der Waals surface area contributed by atoms with Crippen molar-refractivity contribution >= 4 is 11.8 Å². The van der Waals surface area contributed by atoms with Gasteiger partial charge in [0.15, 0.2) is 0 Å². The van der Waals surface area contributed by atoms with E-state index in [0.29, 0.717) is 0 Å². The number of benzene rings is 2. The van der Waals surface area contributed by atoms with E-state index in [4.69, 9.17) is 0 Å². The molecule has 0 bridgehead atoms. The lowest BCUT2D eigenvalue weighted by molar-refractivity contribution is -0.138. The molecule has 0 aliphatic carbocycles. The van der Waals surface area contributed by atoms with Crippen LogP contribution in [0.1, 0.15) is 31.8 Å². The van der Waals surface area contributed by atoms with Gasteiger partial charge >= 0.3 is 12.4 Å². The highest BCUT2D eigenvalue weighted by Crippen LogP contribution is 2.30. The van der Waals surface area contributed by atoms with E-state index in [1.165, 1.54) is 23.9 Å². The summed E-state index contributed by atoms with van der Waals surface area (Å²) in [4.78, 5) is 27.1. The molecule has 0 aliphatic heterocycles. The molecule has 4 nitrogen and oxygen atoms in total. The van der Waals surface area contributed by atoms with Crippen LogP contribution in [0.25, 0.3) is 0 Å². The minimum atomic E-state index is -4.51. The van der Waals surface area contributed by atoms with Crippen LogP contribution in [0.4, 0.5) is 26.3 Å². The fourth-order valence-corrected chi connectivity index (χ4v) is 2.55. The van der Waals surface area contributed by atoms with Crippen LogP contribution < -0.4 is 0 Å². The third-order valence-corrected chi connectivity index (χ3v) is 4.38. The van der Waals surface area contributed by atoms with E-state index in [1.807, 2.05) is 0 Å². The van der Waals surface area contributed by atoms with Crippen LogP contribution in [0.5, 0.6) is 0 Å². The second-order valence-corrected chi connectivity index (χ2v) is 6.60. The fraction of sp³-hybridized carbons (Fsp3) is 0.300. The minimum Gasteiger partial charge on any atom is -0.340 e. The molecule has 2 aromatic carbocycles. The molecule has 0 spiro atoms. The Labute approximate surface area is 168 Å². The Balaban J connectivity index is 1.95. The van der Waals surface area contributed by atoms with Gasteiger partial charge in [-0.2, -0.15) is 26.3 Å². The lowest BCUT2D eigenvalue weighted by Crippen LogP contribution is -2.37. The van der Waals surface area contributed by atoms with Gasteiger partial charge in [0, 0.05) is 38.3 Å². The quantitative estimate of drug-likeness (QED) is 0.650. The van der Waals surface area contributed by atoms with Crippen LogP contribution in [-0.2, 0) is 12.4 Å². The molecule has 0 saturated carbocycles. The zero-order chi connectivity index (χ0) is 22.7. The van der Waals surface area contributed by atoms with Gasteiger partial charge in [-0.15, -0.1) is 0 Å². The summed E-state index contributed by atoms with van der Waals surface area (Å²) in [6.45, 7) is 0.144. The number of halogens is 6. The Kier molecular flexibility index (Phi) is 6.79. The number of nitrogens with zero attached hydrogens (tertiary/aromatic N) is 2. The highest BCUT2D eigenvalue weighted by Gasteiger charge is 2.31. The first-order valence-corrected chi connectivity index (χ1v) is 8.66. The molecule has 0 fully saturated rings. The van der Waals surface area contributed by atoms with Gasteiger partial charge in [0.05, 0.1) is 11.1 Å². The summed E-state index contributed by atoms with van der Waals surface area (Å²) >= 11 is 0. The maximum Gasteiger partial charge on any atom is 0.416 e. The van der Waals surface area contributed by atoms with E-state index in [1.54, 1.807) is 0 Å². The summed E-state index contributed by atoms with van der Waals surface area (Å²) in [6, 6.07) is 7.50. The fourth-order valence-electron chi connectivity index (χ4n) is 2.55. The van der Waals surface area contributed by atoms with Crippen molar-refractivity contribution < 1.29 is 35.9 Å². The number of carbonyl (C=O) groups is 2. The van der Waals surface area contributed by atoms with E-state index in [2.05, 4.69) is 0 Å². The van der Waals surface area contributed by atoms with Crippen molar-refractivity contribution in [2.45, 2.75) is 12.4 Å². The van der Waals surface area contributed by atoms with Gasteiger partial charge in [-0.3, -0.25) is 9.59 Å². The van der Waals surface area contributed by atoms with Crippen LogP contribution in [0, 0.1) is 0 Å². The van der Waals surface area contributed by atoms with Gasteiger partial charge in [-0.1, -0.05) is 0 Å². The number of rotatable bonds is 5. The Bertz CT molecular complexity index is 814. The van der Waals surface area contributed by atoms with Crippen molar-refractivity contribution in [1.82, 2.24) is 9.80 Å².